The van der Waals surface area contributed by atoms with Crippen LogP contribution < -0.4 is 0 Å². The van der Waals surface area contributed by atoms with Crippen LogP contribution in [0.5, 0.6) is 0 Å². The summed E-state index contributed by atoms with van der Waals surface area (Å²) in [6.07, 6.45) is 0. The summed E-state index contributed by atoms with van der Waals surface area (Å²) in [6.45, 7) is 0. The van der Waals surface area contributed by atoms with Gasteiger partial charge in [0.05, 0.1) is 63.4 Å². The van der Waals surface area contributed by atoms with Crippen LogP contribution in [0, 0.1) is 0 Å². The number of carbonyl (C=O) groups is 5. The predicted octanol–water partition coefficient (Wildman–Crippen LogP) is 7.90. The maximum Gasteiger partial charge on any atom is 0.337 e. The number of benzene rings is 5. The van der Waals surface area contributed by atoms with Crippen LogP contribution in [0.4, 0.5) is 0 Å². The van der Waals surface area contributed by atoms with Crippen molar-refractivity contribution in [2.75, 3.05) is 35.5 Å². The van der Waals surface area contributed by atoms with Crippen LogP contribution in [0.3, 0.4) is 0 Å². The molecule has 5 aromatic rings. The van der Waals surface area contributed by atoms with E-state index < -0.39 is 29.8 Å². The topological polar surface area (TPSA) is 132 Å². The van der Waals surface area contributed by atoms with Crippen molar-refractivity contribution in [1.29, 1.82) is 0 Å². The van der Waals surface area contributed by atoms with Crippen LogP contribution in [-0.2, 0) is 23.7 Å². The Bertz CT molecular complexity index is 2120. The van der Waals surface area contributed by atoms with E-state index >= 15 is 0 Å². The molecule has 1 aliphatic carbocycles. The molecule has 0 spiro atoms. The normalized spacial score (nSPS) is 16.2. The van der Waals surface area contributed by atoms with Crippen LogP contribution in [0.2, 0.25) is 0 Å². The van der Waals surface area contributed by atoms with E-state index in [2.05, 4.69) is 0 Å². The Morgan fingerprint density at radius 3 is 0.782 bits per heavy atom. The Morgan fingerprint density at radius 2 is 0.545 bits per heavy atom. The molecule has 10 nitrogen and oxygen atoms in total. The zero-order valence-electron chi connectivity index (χ0n) is 30.9. The Balaban J connectivity index is 1.69. The number of hydrogen-bond acceptors (Lipinski definition) is 10. The highest BCUT2D eigenvalue weighted by Crippen LogP contribution is 2.63. The second-order valence-corrected chi connectivity index (χ2v) is 12.8. The Morgan fingerprint density at radius 1 is 0.327 bits per heavy atom. The molecule has 0 N–H and O–H groups in total. The van der Waals surface area contributed by atoms with Crippen molar-refractivity contribution >= 4 is 41.0 Å². The molecule has 6 rings (SSSR count). The molecule has 5 aromatic carbocycles. The number of carbonyl (C=O) groups excluding carboxylic acids is 5. The van der Waals surface area contributed by atoms with Gasteiger partial charge >= 0.3 is 29.8 Å². The molecule has 0 saturated carbocycles. The van der Waals surface area contributed by atoms with Gasteiger partial charge in [0.1, 0.15) is 0 Å². The molecule has 0 radical (unpaired) electrons. The maximum atomic E-state index is 12.5. The SMILES string of the molecule is COC(=O)c1ccc(C2=C(c3ccc(C(=O)OC)cc3)[C@@H](c3ccc(C(=O)OC)cc3)C(c3ccc(C(=O)OC)cc3)[C@H]2c2ccc(C(=O)OC)cc2)cc1. The van der Waals surface area contributed by atoms with Gasteiger partial charge in [0.2, 0.25) is 0 Å². The molecule has 0 saturated heterocycles. The summed E-state index contributed by atoms with van der Waals surface area (Å²) in [7, 11) is 6.63. The number of allylic oxidation sites excluding steroid dienone is 2. The lowest BCUT2D eigenvalue weighted by Gasteiger charge is -2.29. The van der Waals surface area contributed by atoms with Crippen molar-refractivity contribution in [2.45, 2.75) is 17.8 Å². The van der Waals surface area contributed by atoms with Crippen LogP contribution in [0.25, 0.3) is 11.1 Å². The van der Waals surface area contributed by atoms with Gasteiger partial charge in [0, 0.05) is 17.8 Å². The summed E-state index contributed by atoms with van der Waals surface area (Å²) >= 11 is 0. The zero-order valence-corrected chi connectivity index (χ0v) is 30.9. The van der Waals surface area contributed by atoms with E-state index in [0.29, 0.717) is 27.8 Å². The average molecular weight is 739 g/mol. The standard InChI is InChI=1S/C45H38O10/c1-51-41(46)31-16-6-26(7-17-31)36-37(27-8-18-32(19-9-27)42(47)52-2)39(29-12-22-34(23-13-29)44(49)54-4)40(30-14-24-35(25-15-30)45(50)55-5)38(36)28-10-20-33(21-11-28)43(48)53-3/h6-25,36-38H,1-5H3/t36?,37-,38+. The van der Waals surface area contributed by atoms with E-state index in [4.69, 9.17) is 23.7 Å². The Kier molecular flexibility index (Phi) is 11.4. The van der Waals surface area contributed by atoms with Crippen molar-refractivity contribution in [3.63, 3.8) is 0 Å². The molecule has 0 heterocycles. The van der Waals surface area contributed by atoms with Gasteiger partial charge in [-0.25, -0.2) is 24.0 Å². The molecule has 1 aliphatic rings. The van der Waals surface area contributed by atoms with E-state index in [9.17, 15) is 24.0 Å². The van der Waals surface area contributed by atoms with Crippen molar-refractivity contribution < 1.29 is 47.7 Å². The highest BCUT2D eigenvalue weighted by atomic mass is 16.5. The first-order valence-electron chi connectivity index (χ1n) is 17.3. The molecule has 0 fully saturated rings. The second-order valence-electron chi connectivity index (χ2n) is 12.8. The molecule has 0 amide bonds. The highest BCUT2D eigenvalue weighted by Gasteiger charge is 2.46. The number of hydrogen-bond donors (Lipinski definition) is 0. The van der Waals surface area contributed by atoms with Crippen LogP contribution in [0.15, 0.2) is 121 Å². The zero-order chi connectivity index (χ0) is 39.2. The highest BCUT2D eigenvalue weighted by molar-refractivity contribution is 6.02. The fourth-order valence-electron chi connectivity index (χ4n) is 7.35. The van der Waals surface area contributed by atoms with Gasteiger partial charge in [0.25, 0.3) is 0 Å². The summed E-state index contributed by atoms with van der Waals surface area (Å²) in [6, 6.07) is 36.1. The minimum atomic E-state index is -0.479. The third kappa shape index (κ3) is 7.52. The molecular formula is C45H38O10. The molecule has 278 valence electrons. The van der Waals surface area contributed by atoms with E-state index in [0.717, 1.165) is 39.0 Å². The quantitative estimate of drug-likeness (QED) is 0.103. The monoisotopic (exact) mass is 738 g/mol. The summed E-state index contributed by atoms with van der Waals surface area (Å²) < 4.78 is 25.0. The second kappa shape index (κ2) is 16.5. The summed E-state index contributed by atoms with van der Waals surface area (Å²) in [5, 5.41) is 0. The first-order chi connectivity index (χ1) is 26.6. The average Bonchev–Trinajstić information content (AvgIpc) is 3.61. The van der Waals surface area contributed by atoms with Crippen molar-refractivity contribution in [3.05, 3.63) is 177 Å². The molecule has 0 aromatic heterocycles. The minimum absolute atomic E-state index is 0.342. The Hall–Kier alpha value is -6.81. The maximum absolute atomic E-state index is 12.5. The molecule has 55 heavy (non-hydrogen) atoms. The summed E-state index contributed by atoms with van der Waals surface area (Å²) in [5.41, 5.74) is 7.98. The van der Waals surface area contributed by atoms with E-state index in [1.165, 1.54) is 35.5 Å². The van der Waals surface area contributed by atoms with Gasteiger partial charge in [-0.1, -0.05) is 60.7 Å². The van der Waals surface area contributed by atoms with Crippen LogP contribution in [0.1, 0.15) is 97.4 Å². The van der Waals surface area contributed by atoms with Gasteiger partial charge < -0.3 is 23.7 Å². The lowest BCUT2D eigenvalue weighted by molar-refractivity contribution is 0.0592. The molecular weight excluding hydrogens is 700 g/mol. The first-order valence-corrected chi connectivity index (χ1v) is 17.3. The minimum Gasteiger partial charge on any atom is -0.465 e. The Labute approximate surface area is 318 Å². The van der Waals surface area contributed by atoms with E-state index in [-0.39, 0.29) is 17.8 Å². The molecule has 1 unspecified atom stereocenters. The lowest BCUT2D eigenvalue weighted by atomic mass is 9.73. The fraction of sp³-hybridized carbons (Fsp3) is 0.178. The summed E-state index contributed by atoms with van der Waals surface area (Å²) in [4.78, 5) is 62.7. The summed E-state index contributed by atoms with van der Waals surface area (Å²) in [5.74, 6) is -3.50. The van der Waals surface area contributed by atoms with E-state index in [1.54, 1.807) is 60.7 Å². The van der Waals surface area contributed by atoms with E-state index in [1.807, 2.05) is 60.7 Å². The van der Waals surface area contributed by atoms with Crippen molar-refractivity contribution in [1.82, 2.24) is 0 Å². The van der Waals surface area contributed by atoms with Gasteiger partial charge in [-0.15, -0.1) is 0 Å². The molecule has 10 heteroatoms. The smallest absolute Gasteiger partial charge is 0.337 e. The molecule has 0 bridgehead atoms. The number of esters is 5. The largest absolute Gasteiger partial charge is 0.465 e. The fourth-order valence-corrected chi connectivity index (χ4v) is 7.35. The van der Waals surface area contributed by atoms with Gasteiger partial charge in [-0.2, -0.15) is 0 Å². The number of ether oxygens (including phenoxy) is 5. The van der Waals surface area contributed by atoms with Crippen molar-refractivity contribution in [3.8, 4) is 0 Å². The number of methoxy groups -OCH3 is 5. The molecule has 3 atom stereocenters. The third-order valence-corrected chi connectivity index (χ3v) is 9.96. The third-order valence-electron chi connectivity index (χ3n) is 9.96. The predicted molar refractivity (Wildman–Crippen MR) is 204 cm³/mol. The van der Waals surface area contributed by atoms with Gasteiger partial charge in [-0.05, 0) is 99.6 Å². The van der Waals surface area contributed by atoms with Gasteiger partial charge in [-0.3, -0.25) is 0 Å². The lowest BCUT2D eigenvalue weighted by Crippen LogP contribution is -2.15. The number of rotatable bonds is 10. The van der Waals surface area contributed by atoms with Crippen LogP contribution >= 0.6 is 0 Å². The van der Waals surface area contributed by atoms with Gasteiger partial charge in [0.15, 0.2) is 0 Å². The molecule has 0 aliphatic heterocycles. The van der Waals surface area contributed by atoms with Crippen LogP contribution in [-0.4, -0.2) is 65.4 Å². The first kappa shape index (κ1) is 37.9. The van der Waals surface area contributed by atoms with Crippen molar-refractivity contribution in [2.24, 2.45) is 0 Å².